The zero-order valence-corrected chi connectivity index (χ0v) is 10.2. The van der Waals surface area contributed by atoms with Gasteiger partial charge in [0.05, 0.1) is 0 Å². The molecule has 0 radical (unpaired) electrons. The van der Waals surface area contributed by atoms with Gasteiger partial charge in [0.15, 0.2) is 5.82 Å². The van der Waals surface area contributed by atoms with E-state index in [0.29, 0.717) is 18.1 Å². The van der Waals surface area contributed by atoms with Crippen molar-refractivity contribution in [3.05, 3.63) is 30.1 Å². The Hall–Kier alpha value is -2.37. The van der Waals surface area contributed by atoms with Gasteiger partial charge in [-0.1, -0.05) is 0 Å². The maximum atomic E-state index is 11.2. The smallest absolute Gasteiger partial charge is 0.314 e. The number of rotatable bonds is 2. The summed E-state index contributed by atoms with van der Waals surface area (Å²) in [5, 5.41) is 26.6. The van der Waals surface area contributed by atoms with Gasteiger partial charge in [0.1, 0.15) is 17.5 Å². The molecule has 0 aliphatic carbocycles. The monoisotopic (exact) mass is 259 g/mol. The Kier molecular flexibility index (Phi) is 2.70. The molecular weight excluding hydrogens is 246 g/mol. The molecule has 0 saturated carbocycles. The molecular formula is C13H13N3O3. The van der Waals surface area contributed by atoms with E-state index in [1.807, 2.05) is 4.57 Å². The van der Waals surface area contributed by atoms with Crippen molar-refractivity contribution < 1.29 is 15.0 Å². The molecule has 0 saturated heterocycles. The van der Waals surface area contributed by atoms with Gasteiger partial charge in [0.25, 0.3) is 0 Å². The number of aromatic hydroxyl groups is 1. The van der Waals surface area contributed by atoms with Crippen molar-refractivity contribution in [2.75, 3.05) is 0 Å². The van der Waals surface area contributed by atoms with Crippen LogP contribution in [0.5, 0.6) is 5.75 Å². The maximum Gasteiger partial charge on any atom is 0.314 e. The van der Waals surface area contributed by atoms with Gasteiger partial charge >= 0.3 is 5.97 Å². The Morgan fingerprint density at radius 2 is 2.00 bits per heavy atom. The first kappa shape index (κ1) is 11.7. The quantitative estimate of drug-likeness (QED) is 0.855. The molecule has 0 spiro atoms. The molecule has 1 atom stereocenters. The number of hydrogen-bond acceptors (Lipinski definition) is 4. The second-order valence-corrected chi connectivity index (χ2v) is 4.61. The molecule has 1 aromatic carbocycles. The zero-order chi connectivity index (χ0) is 13.4. The van der Waals surface area contributed by atoms with Crippen LogP contribution in [0.15, 0.2) is 24.3 Å². The first-order valence-corrected chi connectivity index (χ1v) is 6.12. The highest BCUT2D eigenvalue weighted by Gasteiger charge is 2.30. The summed E-state index contributed by atoms with van der Waals surface area (Å²) in [6.45, 7) is 0.725. The van der Waals surface area contributed by atoms with E-state index in [4.69, 9.17) is 0 Å². The molecule has 0 fully saturated rings. The number of aliphatic carboxylic acids is 1. The Labute approximate surface area is 109 Å². The summed E-state index contributed by atoms with van der Waals surface area (Å²) in [4.78, 5) is 11.2. The third kappa shape index (κ3) is 1.95. The normalized spacial score (nSPS) is 18.0. The van der Waals surface area contributed by atoms with Crippen LogP contribution < -0.4 is 0 Å². The van der Waals surface area contributed by atoms with E-state index < -0.39 is 11.9 Å². The second-order valence-electron chi connectivity index (χ2n) is 4.61. The maximum absolute atomic E-state index is 11.2. The van der Waals surface area contributed by atoms with E-state index >= 15 is 0 Å². The Morgan fingerprint density at radius 3 is 2.68 bits per heavy atom. The summed E-state index contributed by atoms with van der Waals surface area (Å²) < 4.78 is 1.86. The molecule has 1 aliphatic heterocycles. The highest BCUT2D eigenvalue weighted by atomic mass is 16.4. The summed E-state index contributed by atoms with van der Waals surface area (Å²) in [5.74, 6) is -0.0777. The lowest BCUT2D eigenvalue weighted by Gasteiger charge is -2.20. The molecule has 2 N–H and O–H groups in total. The number of carboxylic acid groups (broad SMARTS) is 1. The molecule has 2 heterocycles. The summed E-state index contributed by atoms with van der Waals surface area (Å²) >= 11 is 0. The number of fused-ring (bicyclic) bond motifs is 1. The number of carbonyl (C=O) groups is 1. The van der Waals surface area contributed by atoms with Crippen molar-refractivity contribution in [3.8, 4) is 17.1 Å². The third-order valence-corrected chi connectivity index (χ3v) is 3.39. The average molecular weight is 259 g/mol. The number of hydrogen-bond donors (Lipinski definition) is 2. The van der Waals surface area contributed by atoms with Crippen LogP contribution in [0.4, 0.5) is 0 Å². The molecule has 1 unspecified atom stereocenters. The standard InChI is InChI=1S/C13H13N3O3/c17-9-5-3-8(4-6-9)11-14-15-12-10(13(18)19)2-1-7-16(11)12/h3-6,10,17H,1-2,7H2,(H,18,19). The van der Waals surface area contributed by atoms with Crippen LogP contribution in [0.1, 0.15) is 24.6 Å². The summed E-state index contributed by atoms with van der Waals surface area (Å²) in [5.41, 5.74) is 0.822. The molecule has 3 rings (SSSR count). The summed E-state index contributed by atoms with van der Waals surface area (Å²) in [7, 11) is 0. The van der Waals surface area contributed by atoms with Crippen molar-refractivity contribution in [3.63, 3.8) is 0 Å². The van der Waals surface area contributed by atoms with Gasteiger partial charge in [-0.2, -0.15) is 0 Å². The highest BCUT2D eigenvalue weighted by molar-refractivity contribution is 5.75. The van der Waals surface area contributed by atoms with E-state index in [1.54, 1.807) is 24.3 Å². The first-order valence-electron chi connectivity index (χ1n) is 6.12. The fourth-order valence-corrected chi connectivity index (χ4v) is 2.43. The van der Waals surface area contributed by atoms with Gasteiger partial charge in [-0.3, -0.25) is 4.79 Å². The van der Waals surface area contributed by atoms with Gasteiger partial charge in [-0.15, -0.1) is 10.2 Å². The Bertz CT molecular complexity index is 619. The van der Waals surface area contributed by atoms with Crippen LogP contribution in [0, 0.1) is 0 Å². The fourth-order valence-electron chi connectivity index (χ4n) is 2.43. The Balaban J connectivity index is 2.05. The molecule has 98 valence electrons. The van der Waals surface area contributed by atoms with Gasteiger partial charge < -0.3 is 14.8 Å². The van der Waals surface area contributed by atoms with Crippen LogP contribution in [-0.4, -0.2) is 30.9 Å². The average Bonchev–Trinajstić information content (AvgIpc) is 2.83. The minimum absolute atomic E-state index is 0.186. The number of phenolic OH excluding ortho intramolecular Hbond substituents is 1. The van der Waals surface area contributed by atoms with Gasteiger partial charge in [0, 0.05) is 12.1 Å². The van der Waals surface area contributed by atoms with E-state index in [0.717, 1.165) is 18.5 Å². The van der Waals surface area contributed by atoms with Crippen LogP contribution in [0.25, 0.3) is 11.4 Å². The van der Waals surface area contributed by atoms with Crippen molar-refractivity contribution in [2.45, 2.75) is 25.3 Å². The van der Waals surface area contributed by atoms with Crippen LogP contribution in [0.2, 0.25) is 0 Å². The molecule has 1 aromatic heterocycles. The minimum Gasteiger partial charge on any atom is -0.508 e. The van der Waals surface area contributed by atoms with Crippen LogP contribution in [-0.2, 0) is 11.3 Å². The summed E-state index contributed by atoms with van der Waals surface area (Å²) in [6.07, 6.45) is 1.40. The lowest BCUT2D eigenvalue weighted by atomic mass is 9.99. The first-order chi connectivity index (χ1) is 9.16. The highest BCUT2D eigenvalue weighted by Crippen LogP contribution is 2.30. The Morgan fingerprint density at radius 1 is 1.26 bits per heavy atom. The second kappa shape index (κ2) is 4.38. The van der Waals surface area contributed by atoms with Crippen molar-refractivity contribution >= 4 is 5.97 Å². The lowest BCUT2D eigenvalue weighted by molar-refractivity contribution is -0.139. The predicted molar refractivity (Wildman–Crippen MR) is 66.7 cm³/mol. The predicted octanol–water partition coefficient (Wildman–Crippen LogP) is 1.61. The molecule has 0 bridgehead atoms. The minimum atomic E-state index is -0.856. The van der Waals surface area contributed by atoms with Gasteiger partial charge in [-0.25, -0.2) is 0 Å². The van der Waals surface area contributed by atoms with E-state index in [1.165, 1.54) is 0 Å². The number of aromatic nitrogens is 3. The largest absolute Gasteiger partial charge is 0.508 e. The van der Waals surface area contributed by atoms with Crippen LogP contribution >= 0.6 is 0 Å². The molecule has 19 heavy (non-hydrogen) atoms. The number of phenols is 1. The topological polar surface area (TPSA) is 88.2 Å². The van der Waals surface area contributed by atoms with Gasteiger partial charge in [-0.05, 0) is 37.1 Å². The molecule has 0 amide bonds. The molecule has 1 aliphatic rings. The summed E-state index contributed by atoms with van der Waals surface area (Å²) in [6, 6.07) is 6.65. The van der Waals surface area contributed by atoms with Crippen molar-refractivity contribution in [1.29, 1.82) is 0 Å². The van der Waals surface area contributed by atoms with E-state index in [9.17, 15) is 15.0 Å². The zero-order valence-electron chi connectivity index (χ0n) is 10.2. The lowest BCUT2D eigenvalue weighted by Crippen LogP contribution is -2.22. The number of nitrogens with zero attached hydrogens (tertiary/aromatic N) is 3. The van der Waals surface area contributed by atoms with E-state index in [2.05, 4.69) is 10.2 Å². The van der Waals surface area contributed by atoms with Gasteiger partial charge in [0.2, 0.25) is 0 Å². The number of benzene rings is 1. The third-order valence-electron chi connectivity index (χ3n) is 3.39. The molecule has 2 aromatic rings. The van der Waals surface area contributed by atoms with Crippen molar-refractivity contribution in [1.82, 2.24) is 14.8 Å². The van der Waals surface area contributed by atoms with Crippen LogP contribution in [0.3, 0.4) is 0 Å². The molecule has 6 nitrogen and oxygen atoms in total. The SMILES string of the molecule is O=C(O)C1CCCn2c(-c3ccc(O)cc3)nnc21. The van der Waals surface area contributed by atoms with E-state index in [-0.39, 0.29) is 5.75 Å². The fraction of sp³-hybridized carbons (Fsp3) is 0.308. The number of carboxylic acids is 1. The van der Waals surface area contributed by atoms with Crippen molar-refractivity contribution in [2.24, 2.45) is 0 Å². The molecule has 6 heteroatoms.